The Bertz CT molecular complexity index is 729. The molecule has 0 saturated heterocycles. The lowest BCUT2D eigenvalue weighted by atomic mass is 10.1. The first kappa shape index (κ1) is 33.1. The summed E-state index contributed by atoms with van der Waals surface area (Å²) in [5.74, 6) is -0.957. The van der Waals surface area contributed by atoms with Gasteiger partial charge in [-0.15, -0.1) is 11.3 Å². The summed E-state index contributed by atoms with van der Waals surface area (Å²) in [4.78, 5) is 41.4. The van der Waals surface area contributed by atoms with Gasteiger partial charge in [-0.3, -0.25) is 14.4 Å². The normalized spacial score (nSPS) is 11.0. The minimum atomic E-state index is -0.570. The minimum Gasteiger partial charge on any atom is -0.368 e. The van der Waals surface area contributed by atoms with Gasteiger partial charge < -0.3 is 26.6 Å². The maximum Gasteiger partial charge on any atom is 0.242 e. The molecule has 0 saturated carbocycles. The van der Waals surface area contributed by atoms with Crippen molar-refractivity contribution >= 4 is 29.1 Å². The van der Waals surface area contributed by atoms with Crippen LogP contribution in [0.25, 0.3) is 0 Å². The van der Waals surface area contributed by atoms with Crippen LogP contribution in [0.5, 0.6) is 0 Å². The molecule has 1 rings (SSSR count). The van der Waals surface area contributed by atoms with Gasteiger partial charge >= 0.3 is 0 Å². The van der Waals surface area contributed by atoms with Crippen molar-refractivity contribution in [3.05, 3.63) is 22.4 Å². The lowest BCUT2D eigenvalue weighted by molar-refractivity contribution is -0.141. The van der Waals surface area contributed by atoms with Gasteiger partial charge in [-0.25, -0.2) is 0 Å². The second kappa shape index (κ2) is 22.1. The average molecular weight is 538 g/mol. The van der Waals surface area contributed by atoms with E-state index in [1.807, 2.05) is 17.5 Å². The highest BCUT2D eigenvalue weighted by atomic mass is 32.1. The number of nitrogens with one attached hydrogen (secondary N) is 1. The number of rotatable bonds is 24. The van der Waals surface area contributed by atoms with Crippen molar-refractivity contribution < 1.29 is 14.4 Å². The Labute approximate surface area is 228 Å². The van der Waals surface area contributed by atoms with Gasteiger partial charge in [-0.2, -0.15) is 0 Å². The van der Waals surface area contributed by atoms with Crippen molar-refractivity contribution in [2.45, 2.75) is 96.9 Å². The molecule has 3 amide bonds. The molecule has 1 heterocycles. The number of nitrogens with zero attached hydrogens (tertiary/aromatic N) is 2. The van der Waals surface area contributed by atoms with E-state index in [1.54, 1.807) is 4.90 Å². The van der Waals surface area contributed by atoms with Gasteiger partial charge in [-0.05, 0) is 43.8 Å². The zero-order chi connectivity index (χ0) is 27.1. The predicted octanol–water partition coefficient (Wildman–Crippen LogP) is 4.03. The van der Waals surface area contributed by atoms with E-state index < -0.39 is 5.91 Å². The van der Waals surface area contributed by atoms with Crippen molar-refractivity contribution in [1.82, 2.24) is 15.1 Å². The van der Waals surface area contributed by atoms with Crippen LogP contribution in [-0.4, -0.2) is 66.8 Å². The van der Waals surface area contributed by atoms with Crippen LogP contribution < -0.4 is 16.8 Å². The smallest absolute Gasteiger partial charge is 0.242 e. The molecule has 0 unspecified atom stereocenters. The highest BCUT2D eigenvalue weighted by Gasteiger charge is 2.22. The molecular formula is C28H51N5O3S. The van der Waals surface area contributed by atoms with Crippen molar-refractivity contribution in [2.75, 3.05) is 39.3 Å². The van der Waals surface area contributed by atoms with Crippen LogP contribution in [0.4, 0.5) is 0 Å². The lowest BCUT2D eigenvalue weighted by Crippen LogP contribution is -2.47. The second-order valence-electron chi connectivity index (χ2n) is 9.82. The van der Waals surface area contributed by atoms with E-state index in [-0.39, 0.29) is 31.4 Å². The van der Waals surface area contributed by atoms with Gasteiger partial charge in [-0.1, -0.05) is 77.2 Å². The van der Waals surface area contributed by atoms with E-state index in [9.17, 15) is 14.4 Å². The van der Waals surface area contributed by atoms with Crippen molar-refractivity contribution in [3.8, 4) is 0 Å². The highest BCUT2D eigenvalue weighted by Crippen LogP contribution is 2.13. The first-order valence-corrected chi connectivity index (χ1v) is 15.1. The molecule has 0 radical (unpaired) electrons. The van der Waals surface area contributed by atoms with E-state index in [2.05, 4.69) is 12.2 Å². The monoisotopic (exact) mass is 537 g/mol. The van der Waals surface area contributed by atoms with Crippen LogP contribution in [0.3, 0.4) is 0 Å². The minimum absolute atomic E-state index is 0.0673. The fourth-order valence-electron chi connectivity index (χ4n) is 4.23. The standard InChI is InChI=1S/C28H51N5O3S/c1-2-3-4-5-6-7-8-9-10-11-13-18-31-21-27(35)32(19-14-12-17-29)24-28(36)33(23-26(30)34)22-25-16-15-20-37-25/h15-16,20,31H,2-14,17-19,21-24,29H2,1H3,(H2,30,34). The molecule has 8 nitrogen and oxygen atoms in total. The van der Waals surface area contributed by atoms with Crippen molar-refractivity contribution in [2.24, 2.45) is 11.5 Å². The number of carbonyl (C=O) groups excluding carboxylic acids is 3. The number of amides is 3. The largest absolute Gasteiger partial charge is 0.368 e. The number of carbonyl (C=O) groups is 3. The fourth-order valence-corrected chi connectivity index (χ4v) is 4.95. The average Bonchev–Trinajstić information content (AvgIpc) is 3.38. The van der Waals surface area contributed by atoms with Gasteiger partial charge in [0.05, 0.1) is 26.2 Å². The molecule has 1 aromatic heterocycles. The molecule has 9 heteroatoms. The van der Waals surface area contributed by atoms with Gasteiger partial charge in [0.2, 0.25) is 17.7 Å². The van der Waals surface area contributed by atoms with Gasteiger partial charge in [0.1, 0.15) is 0 Å². The van der Waals surface area contributed by atoms with E-state index in [4.69, 9.17) is 11.5 Å². The van der Waals surface area contributed by atoms with E-state index in [1.165, 1.54) is 80.4 Å². The van der Waals surface area contributed by atoms with Gasteiger partial charge in [0, 0.05) is 11.4 Å². The van der Waals surface area contributed by atoms with Crippen molar-refractivity contribution in [3.63, 3.8) is 0 Å². The molecule has 0 aliphatic carbocycles. The molecule has 0 aliphatic heterocycles. The van der Waals surface area contributed by atoms with Gasteiger partial charge in [0.25, 0.3) is 0 Å². The number of hydrogen-bond acceptors (Lipinski definition) is 6. The molecule has 37 heavy (non-hydrogen) atoms. The van der Waals surface area contributed by atoms with E-state index >= 15 is 0 Å². The van der Waals surface area contributed by atoms with Crippen molar-refractivity contribution in [1.29, 1.82) is 0 Å². The lowest BCUT2D eigenvalue weighted by Gasteiger charge is -2.27. The first-order chi connectivity index (χ1) is 18.0. The molecule has 0 spiro atoms. The summed E-state index contributed by atoms with van der Waals surface area (Å²) in [7, 11) is 0. The number of primary amides is 1. The summed E-state index contributed by atoms with van der Waals surface area (Å²) in [6.45, 7) is 4.32. The van der Waals surface area contributed by atoms with Crippen LogP contribution >= 0.6 is 11.3 Å². The number of unbranched alkanes of at least 4 members (excludes halogenated alkanes) is 11. The summed E-state index contributed by atoms with van der Waals surface area (Å²) in [6.07, 6.45) is 15.7. The van der Waals surface area contributed by atoms with E-state index in [0.29, 0.717) is 19.6 Å². The predicted molar refractivity (Wildman–Crippen MR) is 153 cm³/mol. The molecule has 0 fully saturated rings. The van der Waals surface area contributed by atoms with E-state index in [0.717, 1.165) is 30.7 Å². The molecule has 0 bridgehead atoms. The molecule has 5 N–H and O–H groups in total. The summed E-state index contributed by atoms with van der Waals surface area (Å²) in [6, 6.07) is 3.81. The van der Waals surface area contributed by atoms with Crippen LogP contribution in [-0.2, 0) is 20.9 Å². The number of nitrogens with two attached hydrogens (primary N) is 2. The molecule has 0 aromatic carbocycles. The Morgan fingerprint density at radius 1 is 0.838 bits per heavy atom. The quantitative estimate of drug-likeness (QED) is 0.172. The SMILES string of the molecule is CCCCCCCCCCCCCNCC(=O)N(CCCCN)CC(=O)N(CC(N)=O)Cc1cccs1. The number of hydrogen-bond donors (Lipinski definition) is 3. The van der Waals surface area contributed by atoms with Crippen LogP contribution in [0.2, 0.25) is 0 Å². The van der Waals surface area contributed by atoms with Crippen LogP contribution in [0.1, 0.15) is 95.3 Å². The maximum absolute atomic E-state index is 13.0. The van der Waals surface area contributed by atoms with Crippen LogP contribution in [0, 0.1) is 0 Å². The zero-order valence-corrected chi connectivity index (χ0v) is 23.9. The second-order valence-corrected chi connectivity index (χ2v) is 10.9. The topological polar surface area (TPSA) is 122 Å². The molecule has 1 aromatic rings. The Morgan fingerprint density at radius 3 is 2.05 bits per heavy atom. The Balaban J connectivity index is 2.36. The third-order valence-electron chi connectivity index (χ3n) is 6.42. The molecule has 0 atom stereocenters. The summed E-state index contributed by atoms with van der Waals surface area (Å²) >= 11 is 1.51. The number of thiophene rings is 1. The Hall–Kier alpha value is -1.97. The highest BCUT2D eigenvalue weighted by molar-refractivity contribution is 7.09. The molecular weight excluding hydrogens is 486 g/mol. The van der Waals surface area contributed by atoms with Gasteiger partial charge in [0.15, 0.2) is 0 Å². The fraction of sp³-hybridized carbons (Fsp3) is 0.750. The molecule has 0 aliphatic rings. The zero-order valence-electron chi connectivity index (χ0n) is 23.1. The summed E-state index contributed by atoms with van der Waals surface area (Å²) in [5.41, 5.74) is 11.0. The third kappa shape index (κ3) is 17.2. The Kier molecular flexibility index (Phi) is 19.7. The summed E-state index contributed by atoms with van der Waals surface area (Å²) < 4.78 is 0. The Morgan fingerprint density at radius 2 is 1.49 bits per heavy atom. The summed E-state index contributed by atoms with van der Waals surface area (Å²) in [5, 5.41) is 5.17. The maximum atomic E-state index is 13.0. The van der Waals surface area contributed by atoms with Crippen LogP contribution in [0.15, 0.2) is 17.5 Å². The first-order valence-electron chi connectivity index (χ1n) is 14.2. The third-order valence-corrected chi connectivity index (χ3v) is 7.28. The molecule has 212 valence electrons.